The van der Waals surface area contributed by atoms with Crippen molar-refractivity contribution in [3.8, 4) is 0 Å². The van der Waals surface area contributed by atoms with Crippen LogP contribution in [0.2, 0.25) is 0 Å². The summed E-state index contributed by atoms with van der Waals surface area (Å²) in [6, 6.07) is 1.18. The summed E-state index contributed by atoms with van der Waals surface area (Å²) in [4.78, 5) is 4.29. The van der Waals surface area contributed by atoms with Gasteiger partial charge >= 0.3 is 0 Å². The third-order valence-corrected chi connectivity index (χ3v) is 3.10. The monoisotopic (exact) mass is 225 g/mol. The molecule has 0 atom stereocenters. The van der Waals surface area contributed by atoms with Crippen molar-refractivity contribution in [2.75, 3.05) is 13.2 Å². The minimum Gasteiger partial charge on any atom is -0.463 e. The third kappa shape index (κ3) is 2.88. The number of nitrogens with zero attached hydrogens (tertiary/aromatic N) is 1. The van der Waals surface area contributed by atoms with E-state index < -0.39 is 0 Å². The lowest BCUT2D eigenvalue weighted by atomic mass is 9.80. The average molecular weight is 225 g/mol. The highest BCUT2D eigenvalue weighted by molar-refractivity contribution is 5.75. The molecule has 2 aliphatic rings. The first-order valence-electron chi connectivity index (χ1n) is 6.09. The van der Waals surface area contributed by atoms with Gasteiger partial charge in [0.1, 0.15) is 6.61 Å². The Morgan fingerprint density at radius 3 is 2.38 bits per heavy atom. The van der Waals surface area contributed by atoms with E-state index in [9.17, 15) is 0 Å². The predicted molar refractivity (Wildman–Crippen MR) is 65.7 cm³/mol. The first kappa shape index (κ1) is 11.7. The highest BCUT2D eigenvalue weighted by Crippen LogP contribution is 2.28. The Balaban J connectivity index is 1.99. The molecule has 1 saturated heterocycles. The zero-order valence-corrected chi connectivity index (χ0v) is 10.8. The molecule has 92 valence electrons. The largest absolute Gasteiger partial charge is 0.463 e. The molecule has 0 aromatic carbocycles. The van der Waals surface area contributed by atoms with Gasteiger partial charge in [-0.25, -0.2) is 4.99 Å². The van der Waals surface area contributed by atoms with Crippen LogP contribution in [0.25, 0.3) is 0 Å². The number of amidine groups is 1. The van der Waals surface area contributed by atoms with Crippen molar-refractivity contribution < 1.29 is 4.74 Å². The molecule has 0 amide bonds. The quantitative estimate of drug-likeness (QED) is 0.706. The standard InChI is InChI=1S/C12H23N3O/c1-11(2)7-9(8-12(3,4)15-11)14-10-13-5-6-16-10/h9,15H,5-8H2,1-4H3,(H,13,14). The van der Waals surface area contributed by atoms with E-state index in [-0.39, 0.29) is 11.1 Å². The van der Waals surface area contributed by atoms with E-state index in [1.807, 2.05) is 0 Å². The second-order valence-electron chi connectivity index (χ2n) is 6.18. The lowest BCUT2D eigenvalue weighted by Crippen LogP contribution is -2.62. The van der Waals surface area contributed by atoms with E-state index in [0.29, 0.717) is 6.04 Å². The minimum absolute atomic E-state index is 0.165. The molecule has 2 N–H and O–H groups in total. The fourth-order valence-corrected chi connectivity index (χ4v) is 3.02. The van der Waals surface area contributed by atoms with Gasteiger partial charge in [0.05, 0.1) is 6.54 Å². The van der Waals surface area contributed by atoms with Gasteiger partial charge in [-0.2, -0.15) is 0 Å². The summed E-state index contributed by atoms with van der Waals surface area (Å²) in [6.07, 6.45) is 2.19. The van der Waals surface area contributed by atoms with Crippen LogP contribution in [0.4, 0.5) is 0 Å². The molecule has 1 fully saturated rings. The highest BCUT2D eigenvalue weighted by atomic mass is 16.5. The van der Waals surface area contributed by atoms with E-state index in [1.54, 1.807) is 0 Å². The summed E-state index contributed by atoms with van der Waals surface area (Å²) in [5, 5.41) is 7.08. The van der Waals surface area contributed by atoms with Crippen LogP contribution in [0.15, 0.2) is 4.99 Å². The Bertz CT molecular complexity index is 281. The first-order valence-corrected chi connectivity index (χ1v) is 6.09. The van der Waals surface area contributed by atoms with Gasteiger partial charge in [0.15, 0.2) is 0 Å². The van der Waals surface area contributed by atoms with Gasteiger partial charge in [-0.3, -0.25) is 0 Å². The Labute approximate surface area is 97.9 Å². The van der Waals surface area contributed by atoms with Gasteiger partial charge < -0.3 is 15.4 Å². The van der Waals surface area contributed by atoms with Crippen molar-refractivity contribution in [2.45, 2.75) is 57.7 Å². The number of piperidine rings is 1. The van der Waals surface area contributed by atoms with Crippen LogP contribution in [0.5, 0.6) is 0 Å². The SMILES string of the molecule is CC1(C)CC(NC2=NCCO2)CC(C)(C)N1. The summed E-state index contributed by atoms with van der Waals surface area (Å²) < 4.78 is 5.41. The summed E-state index contributed by atoms with van der Waals surface area (Å²) in [5.74, 6) is 0. The Morgan fingerprint density at radius 1 is 1.25 bits per heavy atom. The summed E-state index contributed by atoms with van der Waals surface area (Å²) in [7, 11) is 0. The molecule has 0 unspecified atom stereocenters. The third-order valence-electron chi connectivity index (χ3n) is 3.10. The van der Waals surface area contributed by atoms with Crippen molar-refractivity contribution >= 4 is 6.02 Å². The molecule has 0 aromatic heterocycles. The minimum atomic E-state index is 0.165. The van der Waals surface area contributed by atoms with Crippen LogP contribution in [0.3, 0.4) is 0 Å². The Morgan fingerprint density at radius 2 is 1.88 bits per heavy atom. The smallest absolute Gasteiger partial charge is 0.285 e. The van der Waals surface area contributed by atoms with Gasteiger partial charge in [-0.1, -0.05) is 0 Å². The number of hydrogen-bond donors (Lipinski definition) is 2. The van der Waals surface area contributed by atoms with Crippen LogP contribution in [0, 0.1) is 0 Å². The zero-order chi connectivity index (χ0) is 11.8. The van der Waals surface area contributed by atoms with Gasteiger partial charge in [0.2, 0.25) is 0 Å². The average Bonchev–Trinajstić information content (AvgIpc) is 2.49. The van der Waals surface area contributed by atoms with Crippen LogP contribution in [-0.2, 0) is 4.74 Å². The fourth-order valence-electron chi connectivity index (χ4n) is 3.02. The van der Waals surface area contributed by atoms with Crippen molar-refractivity contribution in [1.82, 2.24) is 10.6 Å². The second-order valence-corrected chi connectivity index (χ2v) is 6.18. The molecule has 0 aliphatic carbocycles. The molecule has 0 spiro atoms. The van der Waals surface area contributed by atoms with E-state index >= 15 is 0 Å². The van der Waals surface area contributed by atoms with Crippen LogP contribution in [-0.4, -0.2) is 36.3 Å². The van der Waals surface area contributed by atoms with Crippen molar-refractivity contribution in [3.05, 3.63) is 0 Å². The summed E-state index contributed by atoms with van der Waals surface area (Å²) >= 11 is 0. The van der Waals surface area contributed by atoms with Gasteiger partial charge in [0, 0.05) is 17.1 Å². The summed E-state index contributed by atoms with van der Waals surface area (Å²) in [5.41, 5.74) is 0.331. The Kier molecular flexibility index (Phi) is 2.86. The van der Waals surface area contributed by atoms with Gasteiger partial charge in [-0.05, 0) is 40.5 Å². The number of aliphatic imine (C=N–C) groups is 1. The topological polar surface area (TPSA) is 45.7 Å². The van der Waals surface area contributed by atoms with Crippen LogP contribution >= 0.6 is 0 Å². The lowest BCUT2D eigenvalue weighted by molar-refractivity contribution is 0.151. The molecule has 2 heterocycles. The van der Waals surface area contributed by atoms with E-state index in [1.165, 1.54) is 0 Å². The molecule has 0 bridgehead atoms. The number of nitrogens with one attached hydrogen (secondary N) is 2. The highest BCUT2D eigenvalue weighted by Gasteiger charge is 2.38. The lowest BCUT2D eigenvalue weighted by Gasteiger charge is -2.46. The maximum atomic E-state index is 5.41. The maximum absolute atomic E-state index is 5.41. The van der Waals surface area contributed by atoms with Crippen LogP contribution < -0.4 is 10.6 Å². The number of ether oxygens (including phenoxy) is 1. The molecule has 4 heteroatoms. The molecule has 2 aliphatic heterocycles. The van der Waals surface area contributed by atoms with E-state index in [0.717, 1.165) is 32.0 Å². The molecular formula is C12H23N3O. The molecule has 4 nitrogen and oxygen atoms in total. The first-order chi connectivity index (χ1) is 7.36. The van der Waals surface area contributed by atoms with Crippen molar-refractivity contribution in [1.29, 1.82) is 0 Å². The number of hydrogen-bond acceptors (Lipinski definition) is 4. The normalized spacial score (nSPS) is 28.4. The van der Waals surface area contributed by atoms with Gasteiger partial charge in [0.25, 0.3) is 6.02 Å². The van der Waals surface area contributed by atoms with Crippen molar-refractivity contribution in [2.24, 2.45) is 4.99 Å². The molecule has 2 rings (SSSR count). The van der Waals surface area contributed by atoms with Gasteiger partial charge in [-0.15, -0.1) is 0 Å². The number of rotatable bonds is 1. The van der Waals surface area contributed by atoms with Crippen LogP contribution in [0.1, 0.15) is 40.5 Å². The van der Waals surface area contributed by atoms with E-state index in [4.69, 9.17) is 4.74 Å². The molecule has 0 saturated carbocycles. The second kappa shape index (κ2) is 3.91. The predicted octanol–water partition coefficient (Wildman–Crippen LogP) is 1.27. The molecular weight excluding hydrogens is 202 g/mol. The summed E-state index contributed by atoms with van der Waals surface area (Å²) in [6.45, 7) is 10.5. The van der Waals surface area contributed by atoms with Crippen molar-refractivity contribution in [3.63, 3.8) is 0 Å². The fraction of sp³-hybridized carbons (Fsp3) is 0.917. The Hall–Kier alpha value is -0.770. The molecule has 0 radical (unpaired) electrons. The molecule has 0 aromatic rings. The zero-order valence-electron chi connectivity index (χ0n) is 10.8. The van der Waals surface area contributed by atoms with E-state index in [2.05, 4.69) is 43.3 Å². The molecule has 16 heavy (non-hydrogen) atoms. The maximum Gasteiger partial charge on any atom is 0.285 e.